The first-order valence-electron chi connectivity index (χ1n) is 15.0. The lowest BCUT2D eigenvalue weighted by atomic mass is 10.0. The van der Waals surface area contributed by atoms with Gasteiger partial charge in [0.1, 0.15) is 24.2 Å². The van der Waals surface area contributed by atoms with Crippen molar-refractivity contribution in [3.63, 3.8) is 0 Å². The number of benzene rings is 2. The molecule has 0 aliphatic carbocycles. The molecule has 16 nitrogen and oxygen atoms in total. The summed E-state index contributed by atoms with van der Waals surface area (Å²) in [5.41, 5.74) is 22.4. The molecule has 1 aliphatic heterocycles. The van der Waals surface area contributed by atoms with Crippen molar-refractivity contribution in [1.82, 2.24) is 26.6 Å². The second-order valence-corrected chi connectivity index (χ2v) is 11.0. The van der Waals surface area contributed by atoms with Crippen LogP contribution < -0.4 is 49.5 Å². The Balaban J connectivity index is 1.92. The fourth-order valence-electron chi connectivity index (χ4n) is 4.85. The first-order chi connectivity index (χ1) is 21.9. The molecule has 1 saturated heterocycles. The number of guanidine groups is 2. The Morgan fingerprint density at radius 1 is 0.696 bits per heavy atom. The van der Waals surface area contributed by atoms with E-state index >= 15 is 0 Å². The second kappa shape index (κ2) is 17.2. The first kappa shape index (κ1) is 35.1. The Kier molecular flexibility index (Phi) is 13.1. The summed E-state index contributed by atoms with van der Waals surface area (Å²) in [4.78, 5) is 74.0. The molecule has 0 aromatic heterocycles. The largest absolute Gasteiger partial charge is 0.370 e. The zero-order chi connectivity index (χ0) is 33.6. The maximum Gasteiger partial charge on any atom is 0.243 e. The van der Waals surface area contributed by atoms with Crippen molar-refractivity contribution in [2.45, 2.75) is 63.2 Å². The van der Waals surface area contributed by atoms with E-state index in [4.69, 9.17) is 22.9 Å². The minimum atomic E-state index is -1.12. The molecule has 5 amide bonds. The van der Waals surface area contributed by atoms with Gasteiger partial charge < -0.3 is 49.5 Å². The second-order valence-electron chi connectivity index (χ2n) is 11.0. The minimum absolute atomic E-state index is 0.0998. The summed E-state index contributed by atoms with van der Waals surface area (Å²) in [6, 6.07) is 9.04. The lowest BCUT2D eigenvalue weighted by molar-refractivity contribution is -0.134. The average Bonchev–Trinajstić information content (AvgIpc) is 3.01. The third kappa shape index (κ3) is 11.3. The van der Waals surface area contributed by atoms with Gasteiger partial charge in [-0.25, -0.2) is 0 Å². The number of carbonyl (C=O) groups excluding carboxylic acids is 5. The van der Waals surface area contributed by atoms with Crippen LogP contribution in [0.4, 0.5) is 0 Å². The predicted molar refractivity (Wildman–Crippen MR) is 174 cm³/mol. The Morgan fingerprint density at radius 2 is 1.24 bits per heavy atom. The van der Waals surface area contributed by atoms with Crippen LogP contribution >= 0.6 is 0 Å². The van der Waals surface area contributed by atoms with Crippen LogP contribution in [-0.4, -0.2) is 85.3 Å². The van der Waals surface area contributed by atoms with Crippen LogP contribution in [0.15, 0.2) is 52.4 Å². The number of hydrogen-bond acceptors (Lipinski definition) is 7. The third-order valence-corrected chi connectivity index (χ3v) is 7.24. The fraction of sp³-hybridized carbons (Fsp3) is 0.433. The quantitative estimate of drug-likeness (QED) is 0.0760. The SMILES string of the molecule is C[C@H]1NC(=O)CNC(=O)[C@H](Cc2ccc3ccccc3c2)NC(=O)[C@H](CCCN=C(N)N)NC(=O)[C@@H](CCCN=C(N)N)NC1=O. The van der Waals surface area contributed by atoms with Crippen LogP contribution in [-0.2, 0) is 30.4 Å². The maximum absolute atomic E-state index is 13.7. The molecule has 1 heterocycles. The Morgan fingerprint density at radius 3 is 1.83 bits per heavy atom. The molecule has 13 N–H and O–H groups in total. The van der Waals surface area contributed by atoms with Gasteiger partial charge in [-0.1, -0.05) is 42.5 Å². The monoisotopic (exact) mass is 637 g/mol. The number of hydrogen-bond donors (Lipinski definition) is 9. The highest BCUT2D eigenvalue weighted by atomic mass is 16.2. The van der Waals surface area contributed by atoms with E-state index in [0.717, 1.165) is 16.3 Å². The van der Waals surface area contributed by atoms with Crippen molar-refractivity contribution >= 4 is 52.2 Å². The lowest BCUT2D eigenvalue weighted by Crippen LogP contribution is -2.57. The molecule has 248 valence electrons. The summed E-state index contributed by atoms with van der Waals surface area (Å²) in [5.74, 6) is -3.42. The maximum atomic E-state index is 13.7. The van der Waals surface area contributed by atoms with Crippen LogP contribution in [0, 0.1) is 0 Å². The van der Waals surface area contributed by atoms with E-state index in [-0.39, 0.29) is 44.3 Å². The van der Waals surface area contributed by atoms with Gasteiger partial charge in [0.2, 0.25) is 29.5 Å². The molecule has 0 spiro atoms. The van der Waals surface area contributed by atoms with Gasteiger partial charge in [0, 0.05) is 19.5 Å². The van der Waals surface area contributed by atoms with Crippen LogP contribution in [0.2, 0.25) is 0 Å². The van der Waals surface area contributed by atoms with Crippen molar-refractivity contribution < 1.29 is 24.0 Å². The predicted octanol–water partition coefficient (Wildman–Crippen LogP) is -2.42. The molecular weight excluding hydrogens is 594 g/mol. The zero-order valence-electron chi connectivity index (χ0n) is 25.8. The molecule has 3 rings (SSSR count). The number of nitrogens with one attached hydrogen (secondary N) is 5. The molecule has 0 unspecified atom stereocenters. The molecule has 46 heavy (non-hydrogen) atoms. The van der Waals surface area contributed by atoms with E-state index in [1.165, 1.54) is 6.92 Å². The van der Waals surface area contributed by atoms with Crippen molar-refractivity contribution in [3.8, 4) is 0 Å². The van der Waals surface area contributed by atoms with Crippen LogP contribution in [0.5, 0.6) is 0 Å². The van der Waals surface area contributed by atoms with E-state index in [2.05, 4.69) is 36.6 Å². The topological polar surface area (TPSA) is 274 Å². The smallest absolute Gasteiger partial charge is 0.243 e. The van der Waals surface area contributed by atoms with E-state index < -0.39 is 60.2 Å². The number of nitrogens with two attached hydrogens (primary N) is 4. The van der Waals surface area contributed by atoms with Gasteiger partial charge in [-0.05, 0) is 48.9 Å². The highest BCUT2D eigenvalue weighted by molar-refractivity contribution is 5.97. The normalized spacial score (nSPS) is 21.4. The Labute approximate surface area is 266 Å². The molecule has 0 radical (unpaired) electrons. The molecule has 2 aromatic rings. The van der Waals surface area contributed by atoms with Crippen LogP contribution in [0.25, 0.3) is 10.8 Å². The van der Waals surface area contributed by atoms with Crippen molar-refractivity contribution in [2.75, 3.05) is 19.6 Å². The van der Waals surface area contributed by atoms with Crippen LogP contribution in [0.1, 0.15) is 38.2 Å². The average molecular weight is 638 g/mol. The number of rotatable bonds is 10. The summed E-state index contributed by atoms with van der Waals surface area (Å²) >= 11 is 0. The summed E-state index contributed by atoms with van der Waals surface area (Å²) in [5, 5.41) is 15.1. The van der Waals surface area contributed by atoms with Gasteiger partial charge in [-0.3, -0.25) is 34.0 Å². The van der Waals surface area contributed by atoms with E-state index in [9.17, 15) is 24.0 Å². The summed E-state index contributed by atoms with van der Waals surface area (Å²) in [6.45, 7) is 1.39. The van der Waals surface area contributed by atoms with E-state index in [1.54, 1.807) is 0 Å². The number of aliphatic imine (C=N–C) groups is 2. The highest BCUT2D eigenvalue weighted by Crippen LogP contribution is 2.17. The number of amides is 5. The number of carbonyl (C=O) groups is 5. The molecule has 1 aliphatic rings. The van der Waals surface area contributed by atoms with Crippen LogP contribution in [0.3, 0.4) is 0 Å². The molecule has 1 fully saturated rings. The highest BCUT2D eigenvalue weighted by Gasteiger charge is 2.31. The standard InChI is InChI=1S/C30H43N11O5/c1-17-25(43)39-21(8-4-12-35-29(31)32)27(45)40-22(9-5-13-36-30(33)34)28(46)41-23(26(44)37-16-24(42)38-17)15-18-10-11-19-6-2-3-7-20(19)14-18/h2-3,6-7,10-11,14,17,21-23H,4-5,8-9,12-13,15-16H2,1H3,(H,37,44)(H,38,42)(H,39,43)(H,40,45)(H,41,46)(H4,31,32,35)(H4,33,34,36)/t17-,21-,22+,23+/m1/s1. The molecular formula is C30H43N11O5. The van der Waals surface area contributed by atoms with Crippen molar-refractivity contribution in [1.29, 1.82) is 0 Å². The molecule has 16 heteroatoms. The minimum Gasteiger partial charge on any atom is -0.370 e. The van der Waals surface area contributed by atoms with Gasteiger partial charge in [0.25, 0.3) is 0 Å². The van der Waals surface area contributed by atoms with Crippen molar-refractivity contribution in [3.05, 3.63) is 48.0 Å². The van der Waals surface area contributed by atoms with Gasteiger partial charge in [0.15, 0.2) is 11.9 Å². The number of nitrogens with zero attached hydrogens (tertiary/aromatic N) is 2. The third-order valence-electron chi connectivity index (χ3n) is 7.24. The van der Waals surface area contributed by atoms with E-state index in [0.29, 0.717) is 12.8 Å². The summed E-state index contributed by atoms with van der Waals surface area (Å²) in [7, 11) is 0. The Bertz CT molecular complexity index is 1470. The van der Waals surface area contributed by atoms with E-state index in [1.807, 2.05) is 42.5 Å². The molecule has 0 saturated carbocycles. The fourth-order valence-corrected chi connectivity index (χ4v) is 4.85. The number of fused-ring (bicyclic) bond motifs is 1. The first-order valence-corrected chi connectivity index (χ1v) is 15.0. The molecule has 4 atom stereocenters. The Hall–Kier alpha value is -5.41. The van der Waals surface area contributed by atoms with Gasteiger partial charge in [-0.15, -0.1) is 0 Å². The summed E-state index contributed by atoms with van der Waals surface area (Å²) in [6.07, 6.45) is 0.980. The molecule has 2 aromatic carbocycles. The summed E-state index contributed by atoms with van der Waals surface area (Å²) < 4.78 is 0. The van der Waals surface area contributed by atoms with Gasteiger partial charge >= 0.3 is 0 Å². The molecule has 0 bridgehead atoms. The lowest BCUT2D eigenvalue weighted by Gasteiger charge is -2.25. The van der Waals surface area contributed by atoms with Crippen molar-refractivity contribution in [2.24, 2.45) is 32.9 Å². The van der Waals surface area contributed by atoms with Gasteiger partial charge in [0.05, 0.1) is 6.54 Å². The van der Waals surface area contributed by atoms with Gasteiger partial charge in [-0.2, -0.15) is 0 Å². The zero-order valence-corrected chi connectivity index (χ0v) is 25.8.